The fourth-order valence-electron chi connectivity index (χ4n) is 4.78. The van der Waals surface area contributed by atoms with Crippen LogP contribution in [0.5, 0.6) is 0 Å². The van der Waals surface area contributed by atoms with E-state index in [2.05, 4.69) is 20.7 Å². The minimum Gasteiger partial charge on any atom is -0.411 e. The molecular weight excluding hydrogens is 605 g/mol. The van der Waals surface area contributed by atoms with Gasteiger partial charge < -0.3 is 14.6 Å². The van der Waals surface area contributed by atoms with E-state index in [0.717, 1.165) is 41.4 Å². The van der Waals surface area contributed by atoms with Crippen molar-refractivity contribution < 1.29 is 32.0 Å². The lowest BCUT2D eigenvalue weighted by molar-refractivity contribution is -0.138. The fourth-order valence-corrected chi connectivity index (χ4v) is 4.78. The smallest absolute Gasteiger partial charge is 0.411 e. The lowest BCUT2D eigenvalue weighted by atomic mass is 10.0. The van der Waals surface area contributed by atoms with E-state index in [1.54, 1.807) is 46.1 Å². The van der Waals surface area contributed by atoms with Crippen molar-refractivity contribution in [1.82, 2.24) is 25.6 Å². The Hall–Kier alpha value is -5.11. The summed E-state index contributed by atoms with van der Waals surface area (Å²) >= 11 is 0. The van der Waals surface area contributed by atoms with Crippen molar-refractivity contribution in [2.24, 2.45) is 0 Å². The molecule has 0 radical (unpaired) electrons. The average Bonchev–Trinajstić information content (AvgIpc) is 3.02. The number of aryl methyl sites for hydroxylation is 1. The number of nitrogens with one attached hydrogen (secondary N) is 2. The second-order valence-corrected chi connectivity index (χ2v) is 11.1. The molecule has 242 valence electrons. The zero-order chi connectivity index (χ0) is 33.6. The number of halogens is 3. The topological polar surface area (TPSA) is 138 Å². The van der Waals surface area contributed by atoms with Crippen LogP contribution >= 0.6 is 0 Å². The number of hydrogen-bond acceptors (Lipinski definition) is 8. The standard InChI is InChI=1S/C32H33F3N6O5/c1-20-25(13-12-24-27(20)29(44)46-19-38-24)41(39-31(2,3)30(45)40(4)18-15-23-7-5-6-16-36-23)26(42)14-17-37-28(43)21-8-10-22(11-9-21)32(33,34)35/h5-13,16,19,39H,14-15,17-18H2,1-4H3,(H,37,43). The summed E-state index contributed by atoms with van der Waals surface area (Å²) in [4.78, 5) is 62.3. The van der Waals surface area contributed by atoms with E-state index < -0.39 is 34.7 Å². The van der Waals surface area contributed by atoms with E-state index in [9.17, 15) is 32.3 Å². The number of carbonyl (C=O) groups excluding carboxylic acids is 3. The maximum Gasteiger partial charge on any atom is 0.416 e. The number of likely N-dealkylation sites (N-methyl/N-ethyl adjacent to an activating group) is 1. The first-order chi connectivity index (χ1) is 21.7. The first-order valence-corrected chi connectivity index (χ1v) is 14.3. The van der Waals surface area contributed by atoms with Gasteiger partial charge in [0, 0.05) is 50.4 Å². The van der Waals surface area contributed by atoms with Crippen LogP contribution < -0.4 is 21.4 Å². The summed E-state index contributed by atoms with van der Waals surface area (Å²) in [5.41, 5.74) is 1.87. The molecule has 11 nitrogen and oxygen atoms in total. The summed E-state index contributed by atoms with van der Waals surface area (Å²) in [6.45, 7) is 4.99. The van der Waals surface area contributed by atoms with Crippen molar-refractivity contribution in [1.29, 1.82) is 0 Å². The minimum absolute atomic E-state index is 0.0134. The molecule has 0 aliphatic carbocycles. The zero-order valence-electron chi connectivity index (χ0n) is 25.6. The number of hydrazine groups is 1. The molecule has 0 spiro atoms. The Balaban J connectivity index is 1.54. The predicted molar refractivity (Wildman–Crippen MR) is 164 cm³/mol. The molecule has 0 fully saturated rings. The van der Waals surface area contributed by atoms with Crippen LogP contribution in [0.4, 0.5) is 18.9 Å². The van der Waals surface area contributed by atoms with Gasteiger partial charge in [-0.05, 0) is 74.9 Å². The summed E-state index contributed by atoms with van der Waals surface area (Å²) in [6.07, 6.45) is -1.61. The number of fused-ring (bicyclic) bond motifs is 1. The Bertz CT molecular complexity index is 1780. The number of hydrogen-bond donors (Lipinski definition) is 2. The SMILES string of the molecule is Cc1c(N(NC(C)(C)C(=O)N(C)CCc2ccccn2)C(=O)CCNC(=O)c2ccc(C(F)(F)F)cc2)ccc2ncoc(=O)c12. The van der Waals surface area contributed by atoms with E-state index in [1.807, 2.05) is 12.1 Å². The monoisotopic (exact) mass is 638 g/mol. The molecule has 4 rings (SSSR count). The van der Waals surface area contributed by atoms with Gasteiger partial charge in [0.2, 0.25) is 11.8 Å². The van der Waals surface area contributed by atoms with Gasteiger partial charge in [-0.2, -0.15) is 13.2 Å². The molecule has 2 aromatic heterocycles. The first kappa shape index (κ1) is 33.8. The third-order valence-corrected chi connectivity index (χ3v) is 7.26. The average molecular weight is 639 g/mol. The summed E-state index contributed by atoms with van der Waals surface area (Å²) in [5, 5.41) is 3.83. The Kier molecular flexibility index (Phi) is 10.2. The van der Waals surface area contributed by atoms with Crippen LogP contribution in [0.3, 0.4) is 0 Å². The highest BCUT2D eigenvalue weighted by molar-refractivity contribution is 5.99. The van der Waals surface area contributed by atoms with Crippen LogP contribution in [0, 0.1) is 6.92 Å². The van der Waals surface area contributed by atoms with Crippen molar-refractivity contribution >= 4 is 34.3 Å². The number of pyridine rings is 1. The number of anilines is 1. The molecular formula is C32H33F3N6O5. The maximum absolute atomic E-state index is 13.7. The van der Waals surface area contributed by atoms with Crippen LogP contribution in [0.1, 0.15) is 47.4 Å². The summed E-state index contributed by atoms with van der Waals surface area (Å²) in [5.74, 6) is -1.58. The molecule has 0 aliphatic heterocycles. The van der Waals surface area contributed by atoms with Gasteiger partial charge in [0.1, 0.15) is 5.54 Å². The molecule has 0 atom stereocenters. The molecule has 2 aromatic carbocycles. The van der Waals surface area contributed by atoms with Gasteiger partial charge >= 0.3 is 11.8 Å². The number of rotatable bonds is 11. The van der Waals surface area contributed by atoms with E-state index in [4.69, 9.17) is 4.42 Å². The van der Waals surface area contributed by atoms with Gasteiger partial charge in [-0.3, -0.25) is 19.4 Å². The zero-order valence-corrected chi connectivity index (χ0v) is 25.6. The molecule has 0 unspecified atom stereocenters. The number of nitrogens with zero attached hydrogens (tertiary/aromatic N) is 4. The number of benzene rings is 2. The first-order valence-electron chi connectivity index (χ1n) is 14.3. The number of alkyl halides is 3. The molecule has 0 aliphatic rings. The number of aromatic nitrogens is 2. The predicted octanol–water partition coefficient (Wildman–Crippen LogP) is 4.05. The van der Waals surface area contributed by atoms with E-state index >= 15 is 0 Å². The lowest BCUT2D eigenvalue weighted by Crippen LogP contribution is -2.61. The van der Waals surface area contributed by atoms with Crippen molar-refractivity contribution in [3.8, 4) is 0 Å². The second kappa shape index (κ2) is 13.9. The van der Waals surface area contributed by atoms with E-state index in [0.29, 0.717) is 24.0 Å². The fraction of sp³-hybridized carbons (Fsp3) is 0.312. The summed E-state index contributed by atoms with van der Waals surface area (Å²) in [6, 6.07) is 12.3. The number of carbonyl (C=O) groups is 3. The molecule has 0 bridgehead atoms. The van der Waals surface area contributed by atoms with Gasteiger partial charge in [0.05, 0.1) is 22.2 Å². The van der Waals surface area contributed by atoms with Gasteiger partial charge in [-0.25, -0.2) is 20.2 Å². The van der Waals surface area contributed by atoms with Gasteiger partial charge in [0.15, 0.2) is 6.39 Å². The van der Waals surface area contributed by atoms with E-state index in [1.165, 1.54) is 11.0 Å². The molecule has 14 heteroatoms. The molecule has 4 aromatic rings. The Labute approximate surface area is 262 Å². The van der Waals surface area contributed by atoms with Crippen LogP contribution in [-0.4, -0.2) is 58.3 Å². The van der Waals surface area contributed by atoms with Gasteiger partial charge in [-0.1, -0.05) is 6.07 Å². The highest BCUT2D eigenvalue weighted by atomic mass is 19.4. The van der Waals surface area contributed by atoms with Crippen LogP contribution in [-0.2, 0) is 22.2 Å². The van der Waals surface area contributed by atoms with Gasteiger partial charge in [-0.15, -0.1) is 0 Å². The third kappa shape index (κ3) is 7.93. The van der Waals surface area contributed by atoms with E-state index in [-0.39, 0.29) is 35.5 Å². The molecule has 2 N–H and O–H groups in total. The summed E-state index contributed by atoms with van der Waals surface area (Å²) < 4.78 is 43.6. The molecule has 3 amide bonds. The normalized spacial score (nSPS) is 11.7. The van der Waals surface area contributed by atoms with Crippen molar-refractivity contribution in [2.75, 3.05) is 25.1 Å². The van der Waals surface area contributed by atoms with Crippen molar-refractivity contribution in [3.63, 3.8) is 0 Å². The highest BCUT2D eigenvalue weighted by Crippen LogP contribution is 2.29. The van der Waals surface area contributed by atoms with Crippen LogP contribution in [0.2, 0.25) is 0 Å². The Morgan fingerprint density at radius 1 is 0.978 bits per heavy atom. The Morgan fingerprint density at radius 3 is 2.35 bits per heavy atom. The van der Waals surface area contributed by atoms with Crippen LogP contribution in [0.25, 0.3) is 10.9 Å². The maximum atomic E-state index is 13.7. The Morgan fingerprint density at radius 2 is 1.70 bits per heavy atom. The quantitative estimate of drug-likeness (QED) is 0.235. The highest BCUT2D eigenvalue weighted by Gasteiger charge is 2.35. The molecule has 46 heavy (non-hydrogen) atoms. The minimum atomic E-state index is -4.54. The molecule has 0 saturated heterocycles. The van der Waals surface area contributed by atoms with Crippen molar-refractivity contribution in [3.05, 3.63) is 100.0 Å². The molecule has 2 heterocycles. The second-order valence-electron chi connectivity index (χ2n) is 11.1. The van der Waals surface area contributed by atoms with Crippen molar-refractivity contribution in [2.45, 2.75) is 45.3 Å². The third-order valence-electron chi connectivity index (χ3n) is 7.26. The van der Waals surface area contributed by atoms with Gasteiger partial charge in [0.25, 0.3) is 5.91 Å². The number of amides is 3. The lowest BCUT2D eigenvalue weighted by Gasteiger charge is -2.36. The largest absolute Gasteiger partial charge is 0.416 e. The van der Waals surface area contributed by atoms with Crippen LogP contribution in [0.15, 0.2) is 76.4 Å². The summed E-state index contributed by atoms with van der Waals surface area (Å²) in [7, 11) is 1.63. The molecule has 0 saturated carbocycles.